The molecule has 0 bridgehead atoms. The number of nitrogens with two attached hydrogens (primary N) is 1. The minimum absolute atomic E-state index is 0.0134. The van der Waals surface area contributed by atoms with E-state index in [4.69, 9.17) is 15.2 Å². The van der Waals surface area contributed by atoms with Gasteiger partial charge in [-0.05, 0) is 71.4 Å². The van der Waals surface area contributed by atoms with Crippen LogP contribution in [-0.2, 0) is 14.3 Å². The van der Waals surface area contributed by atoms with Crippen molar-refractivity contribution in [1.29, 1.82) is 0 Å². The summed E-state index contributed by atoms with van der Waals surface area (Å²) in [5.41, 5.74) is 8.91. The summed E-state index contributed by atoms with van der Waals surface area (Å²) in [5, 5.41) is 0. The van der Waals surface area contributed by atoms with Gasteiger partial charge in [0, 0.05) is 24.4 Å². The topological polar surface area (TPSA) is 94.2 Å². The van der Waals surface area contributed by atoms with Crippen LogP contribution in [0.1, 0.15) is 91.5 Å². The maximum atomic E-state index is 13.6. The van der Waals surface area contributed by atoms with Gasteiger partial charge in [-0.25, -0.2) is 4.39 Å². The summed E-state index contributed by atoms with van der Waals surface area (Å²) in [6.45, 7) is 12.9. The number of aliphatic imine (C=N–C) groups is 1. The van der Waals surface area contributed by atoms with Gasteiger partial charge in [-0.1, -0.05) is 45.2 Å². The number of halogens is 1. The molecule has 1 aromatic rings. The highest BCUT2D eigenvalue weighted by molar-refractivity contribution is 6.09. The lowest BCUT2D eigenvalue weighted by atomic mass is 10.1. The van der Waals surface area contributed by atoms with Crippen molar-refractivity contribution in [3.8, 4) is 5.75 Å². The van der Waals surface area contributed by atoms with E-state index in [-0.39, 0.29) is 48.1 Å². The molecule has 39 heavy (non-hydrogen) atoms. The van der Waals surface area contributed by atoms with Gasteiger partial charge in [0.05, 0.1) is 24.9 Å². The predicted octanol–water partition coefficient (Wildman–Crippen LogP) is 5.92. The Labute approximate surface area is 234 Å². The van der Waals surface area contributed by atoms with Crippen LogP contribution in [0.3, 0.4) is 0 Å². The molecule has 2 fully saturated rings. The number of benzene rings is 1. The smallest absolute Gasteiger partial charge is 0.270 e. The number of ether oxygens (including phenoxy) is 2. The molecule has 0 radical (unpaired) electrons. The van der Waals surface area contributed by atoms with Crippen LogP contribution < -0.4 is 10.5 Å². The van der Waals surface area contributed by atoms with Crippen LogP contribution >= 0.6 is 0 Å². The van der Waals surface area contributed by atoms with Crippen molar-refractivity contribution < 1.29 is 23.5 Å². The zero-order valence-corrected chi connectivity index (χ0v) is 24.7. The molecular weight excluding hydrogens is 497 g/mol. The summed E-state index contributed by atoms with van der Waals surface area (Å²) in [4.78, 5) is 29.8. The van der Waals surface area contributed by atoms with E-state index in [1.54, 1.807) is 11.0 Å². The normalized spacial score (nSPS) is 22.2. The van der Waals surface area contributed by atoms with E-state index in [1.807, 2.05) is 26.8 Å². The van der Waals surface area contributed by atoms with Crippen LogP contribution in [0.5, 0.6) is 5.75 Å². The fourth-order valence-corrected chi connectivity index (χ4v) is 4.99. The van der Waals surface area contributed by atoms with Gasteiger partial charge in [0.1, 0.15) is 5.70 Å². The quantitative estimate of drug-likeness (QED) is 0.368. The number of ketones is 1. The molecule has 1 saturated heterocycles. The molecule has 0 spiro atoms. The molecule has 1 amide bonds. The molecule has 0 aromatic heterocycles. The van der Waals surface area contributed by atoms with Crippen molar-refractivity contribution in [3.05, 3.63) is 40.8 Å². The molecule has 8 heteroatoms. The van der Waals surface area contributed by atoms with E-state index in [1.165, 1.54) is 13.0 Å². The summed E-state index contributed by atoms with van der Waals surface area (Å²) in [7, 11) is 0. The van der Waals surface area contributed by atoms with Crippen LogP contribution in [0, 0.1) is 12.7 Å². The first kappa shape index (κ1) is 32.5. The zero-order valence-electron chi connectivity index (χ0n) is 24.7. The lowest BCUT2D eigenvalue weighted by Gasteiger charge is -2.35. The fourth-order valence-electron chi connectivity index (χ4n) is 4.99. The SMILES string of the molecule is CC(=O)CN=C1CCC/C1=C(/N)C(=O)N1CC(C)OC(C)C1.CCCCC(CCC)Oc1c(C)cccc1F. The lowest BCUT2D eigenvalue weighted by Crippen LogP contribution is -2.49. The van der Waals surface area contributed by atoms with Crippen molar-refractivity contribution in [3.63, 3.8) is 0 Å². The van der Waals surface area contributed by atoms with Gasteiger partial charge in [-0.2, -0.15) is 0 Å². The Bertz CT molecular complexity index is 993. The molecule has 1 aliphatic carbocycles. The minimum atomic E-state index is -0.248. The number of amides is 1. The molecule has 1 aromatic carbocycles. The molecule has 2 aliphatic rings. The van der Waals surface area contributed by atoms with E-state index in [0.29, 0.717) is 18.8 Å². The number of rotatable bonds is 10. The number of unbranched alkanes of at least 4 members (excludes halogenated alkanes) is 1. The first-order valence-electron chi connectivity index (χ1n) is 14.4. The number of carbonyl (C=O) groups excluding carboxylic acids is 2. The molecule has 3 rings (SSSR count). The molecule has 1 aliphatic heterocycles. The van der Waals surface area contributed by atoms with Gasteiger partial charge in [0.25, 0.3) is 5.91 Å². The first-order valence-corrected chi connectivity index (χ1v) is 14.4. The number of hydrogen-bond acceptors (Lipinski definition) is 6. The molecule has 3 atom stereocenters. The van der Waals surface area contributed by atoms with Crippen LogP contribution in [-0.4, -0.2) is 60.2 Å². The number of morpholine rings is 1. The highest BCUT2D eigenvalue weighted by Crippen LogP contribution is 2.26. The van der Waals surface area contributed by atoms with Gasteiger partial charge in [-0.15, -0.1) is 0 Å². The number of allylic oxidation sites excluding steroid dienone is 1. The lowest BCUT2D eigenvalue weighted by molar-refractivity contribution is -0.139. The third kappa shape index (κ3) is 10.4. The molecule has 218 valence electrons. The monoisotopic (exact) mass is 545 g/mol. The largest absolute Gasteiger partial charge is 0.487 e. The van der Waals surface area contributed by atoms with Crippen molar-refractivity contribution in [2.75, 3.05) is 19.6 Å². The third-order valence-corrected chi connectivity index (χ3v) is 6.88. The summed E-state index contributed by atoms with van der Waals surface area (Å²) < 4.78 is 25.1. The van der Waals surface area contributed by atoms with Crippen molar-refractivity contribution >= 4 is 17.4 Å². The van der Waals surface area contributed by atoms with Crippen LogP contribution in [0.2, 0.25) is 0 Å². The predicted molar refractivity (Wildman–Crippen MR) is 155 cm³/mol. The summed E-state index contributed by atoms with van der Waals surface area (Å²) in [6, 6.07) is 5.07. The van der Waals surface area contributed by atoms with E-state index < -0.39 is 0 Å². The van der Waals surface area contributed by atoms with Gasteiger partial charge in [0.15, 0.2) is 17.3 Å². The summed E-state index contributed by atoms with van der Waals surface area (Å²) in [6.07, 6.45) is 8.01. The standard InChI is InChI=1S/C16H25N3O3.C15H23FO/c1-10(20)7-18-14-6-4-5-13(14)15(17)16(21)19-8-11(2)22-12(3)9-19;1-4-6-10-13(8-5-2)17-15-12(3)9-7-11-14(15)16/h11-12H,4-9,17H2,1-3H3;7,9,11,13H,4-6,8,10H2,1-3H3/b15-13-,18-14?;. The Balaban J connectivity index is 0.000000283. The summed E-state index contributed by atoms with van der Waals surface area (Å²) in [5.74, 6) is 0.0542. The molecule has 7 nitrogen and oxygen atoms in total. The van der Waals surface area contributed by atoms with Gasteiger partial charge in [-0.3, -0.25) is 14.6 Å². The average Bonchev–Trinajstić information content (AvgIpc) is 3.36. The second-order valence-electron chi connectivity index (χ2n) is 10.7. The van der Waals surface area contributed by atoms with Crippen molar-refractivity contribution in [2.45, 2.75) is 111 Å². The molecular formula is C31H48FN3O4. The van der Waals surface area contributed by atoms with Gasteiger partial charge in [0.2, 0.25) is 0 Å². The second-order valence-corrected chi connectivity index (χ2v) is 10.7. The minimum Gasteiger partial charge on any atom is -0.487 e. The van der Waals surface area contributed by atoms with Crippen molar-refractivity contribution in [2.24, 2.45) is 10.7 Å². The van der Waals surface area contributed by atoms with E-state index >= 15 is 0 Å². The zero-order chi connectivity index (χ0) is 28.9. The Hall–Kier alpha value is -2.74. The number of hydrogen-bond donors (Lipinski definition) is 1. The molecule has 1 saturated carbocycles. The van der Waals surface area contributed by atoms with Crippen LogP contribution in [0.15, 0.2) is 34.5 Å². The van der Waals surface area contributed by atoms with E-state index in [9.17, 15) is 14.0 Å². The highest BCUT2D eigenvalue weighted by Gasteiger charge is 2.30. The van der Waals surface area contributed by atoms with E-state index in [0.717, 1.165) is 68.2 Å². The average molecular weight is 546 g/mol. The summed E-state index contributed by atoms with van der Waals surface area (Å²) >= 11 is 0. The highest BCUT2D eigenvalue weighted by atomic mass is 19.1. The Morgan fingerprint density at radius 2 is 1.85 bits per heavy atom. The number of para-hydroxylation sites is 1. The van der Waals surface area contributed by atoms with Gasteiger partial charge < -0.3 is 20.1 Å². The Kier molecular flexibility index (Phi) is 13.6. The first-order chi connectivity index (χ1) is 18.6. The number of aryl methyl sites for hydroxylation is 1. The molecule has 1 heterocycles. The number of Topliss-reactive ketones (excluding diaryl/α,β-unsaturated/α-hetero) is 1. The number of carbonyl (C=O) groups is 2. The van der Waals surface area contributed by atoms with Crippen LogP contribution in [0.25, 0.3) is 0 Å². The Morgan fingerprint density at radius 1 is 1.15 bits per heavy atom. The second kappa shape index (κ2) is 16.4. The molecule has 3 unspecified atom stereocenters. The fraction of sp³-hybridized carbons (Fsp3) is 0.645. The third-order valence-electron chi connectivity index (χ3n) is 6.88. The van der Waals surface area contributed by atoms with Crippen LogP contribution in [0.4, 0.5) is 4.39 Å². The molecule has 2 N–H and O–H groups in total. The Morgan fingerprint density at radius 3 is 2.44 bits per heavy atom. The maximum Gasteiger partial charge on any atom is 0.270 e. The maximum absolute atomic E-state index is 13.6. The van der Waals surface area contributed by atoms with Crippen molar-refractivity contribution in [1.82, 2.24) is 4.90 Å². The number of nitrogens with zero attached hydrogens (tertiary/aromatic N) is 2. The van der Waals surface area contributed by atoms with Gasteiger partial charge >= 0.3 is 0 Å². The van der Waals surface area contributed by atoms with E-state index in [2.05, 4.69) is 18.8 Å².